The van der Waals surface area contributed by atoms with Crippen LogP contribution in [0.1, 0.15) is 29.7 Å². The lowest BCUT2D eigenvalue weighted by Gasteiger charge is -2.12. The molecule has 1 rings (SSSR count). The van der Waals surface area contributed by atoms with Gasteiger partial charge >= 0.3 is 6.18 Å². The number of alkyl halides is 3. The standard InChI is InChI=1S/C10H12F3N/c1-6-3-8(7(2)14)5-9(4-6)10(11,12)13/h3-5,7H,14H2,1-2H3/t7-/m1/s1. The van der Waals surface area contributed by atoms with Crippen LogP contribution >= 0.6 is 0 Å². The molecule has 0 bridgehead atoms. The topological polar surface area (TPSA) is 26.0 Å². The first kappa shape index (κ1) is 11.0. The Morgan fingerprint density at radius 3 is 2.21 bits per heavy atom. The highest BCUT2D eigenvalue weighted by atomic mass is 19.4. The molecule has 0 aromatic heterocycles. The van der Waals surface area contributed by atoms with Gasteiger partial charge in [-0.3, -0.25) is 0 Å². The summed E-state index contributed by atoms with van der Waals surface area (Å²) in [6.07, 6.45) is -4.30. The quantitative estimate of drug-likeness (QED) is 0.745. The minimum Gasteiger partial charge on any atom is -0.324 e. The van der Waals surface area contributed by atoms with Crippen molar-refractivity contribution in [1.82, 2.24) is 0 Å². The van der Waals surface area contributed by atoms with Crippen LogP contribution in [0, 0.1) is 6.92 Å². The van der Waals surface area contributed by atoms with Crippen molar-refractivity contribution in [2.24, 2.45) is 5.73 Å². The van der Waals surface area contributed by atoms with Gasteiger partial charge < -0.3 is 5.73 Å². The molecule has 4 heteroatoms. The van der Waals surface area contributed by atoms with E-state index >= 15 is 0 Å². The normalized spacial score (nSPS) is 14.1. The zero-order valence-corrected chi connectivity index (χ0v) is 8.02. The predicted octanol–water partition coefficient (Wildman–Crippen LogP) is 3.03. The summed E-state index contributed by atoms with van der Waals surface area (Å²) in [5, 5.41) is 0. The van der Waals surface area contributed by atoms with Crippen molar-refractivity contribution in [3.8, 4) is 0 Å². The third-order valence-corrected chi connectivity index (χ3v) is 1.95. The third kappa shape index (κ3) is 2.48. The van der Waals surface area contributed by atoms with Crippen molar-refractivity contribution in [2.45, 2.75) is 26.1 Å². The molecule has 0 amide bonds. The molecule has 14 heavy (non-hydrogen) atoms. The van der Waals surface area contributed by atoms with Crippen LogP contribution in [-0.2, 0) is 6.18 Å². The van der Waals surface area contributed by atoms with Crippen LogP contribution in [0.3, 0.4) is 0 Å². The van der Waals surface area contributed by atoms with E-state index in [-0.39, 0.29) is 6.04 Å². The average Bonchev–Trinajstić information content (AvgIpc) is 2.01. The molecule has 0 heterocycles. The van der Waals surface area contributed by atoms with Crippen LogP contribution in [0.2, 0.25) is 0 Å². The smallest absolute Gasteiger partial charge is 0.324 e. The van der Waals surface area contributed by atoms with Gasteiger partial charge in [-0.1, -0.05) is 11.6 Å². The van der Waals surface area contributed by atoms with Gasteiger partial charge in [0.1, 0.15) is 0 Å². The molecular formula is C10H12F3N. The van der Waals surface area contributed by atoms with E-state index in [2.05, 4.69) is 0 Å². The molecule has 0 fully saturated rings. The molecule has 0 radical (unpaired) electrons. The Morgan fingerprint density at radius 2 is 1.79 bits per heavy atom. The van der Waals surface area contributed by atoms with Crippen molar-refractivity contribution in [1.29, 1.82) is 0 Å². The average molecular weight is 203 g/mol. The van der Waals surface area contributed by atoms with Crippen molar-refractivity contribution < 1.29 is 13.2 Å². The van der Waals surface area contributed by atoms with E-state index in [4.69, 9.17) is 5.73 Å². The van der Waals surface area contributed by atoms with Crippen molar-refractivity contribution in [3.63, 3.8) is 0 Å². The van der Waals surface area contributed by atoms with Gasteiger partial charge in [-0.25, -0.2) is 0 Å². The van der Waals surface area contributed by atoms with Crippen LogP contribution in [0.15, 0.2) is 18.2 Å². The monoisotopic (exact) mass is 203 g/mol. The third-order valence-electron chi connectivity index (χ3n) is 1.95. The van der Waals surface area contributed by atoms with E-state index in [0.29, 0.717) is 11.1 Å². The maximum atomic E-state index is 12.4. The molecule has 0 spiro atoms. The van der Waals surface area contributed by atoms with E-state index in [1.807, 2.05) is 0 Å². The molecule has 1 aromatic carbocycles. The fourth-order valence-corrected chi connectivity index (χ4v) is 1.24. The van der Waals surface area contributed by atoms with Crippen molar-refractivity contribution in [2.75, 3.05) is 0 Å². The number of nitrogens with two attached hydrogens (primary N) is 1. The highest BCUT2D eigenvalue weighted by Crippen LogP contribution is 2.31. The number of aryl methyl sites for hydroxylation is 1. The molecular weight excluding hydrogens is 191 g/mol. The van der Waals surface area contributed by atoms with Crippen LogP contribution in [0.4, 0.5) is 13.2 Å². The molecule has 0 unspecified atom stereocenters. The summed E-state index contributed by atoms with van der Waals surface area (Å²) >= 11 is 0. The molecule has 2 N–H and O–H groups in total. The van der Waals surface area contributed by atoms with Crippen LogP contribution < -0.4 is 5.73 Å². The fourth-order valence-electron chi connectivity index (χ4n) is 1.24. The number of hydrogen-bond donors (Lipinski definition) is 1. The molecule has 0 aliphatic rings. The zero-order chi connectivity index (χ0) is 10.9. The first-order valence-corrected chi connectivity index (χ1v) is 4.25. The van der Waals surface area contributed by atoms with Crippen LogP contribution in [0.5, 0.6) is 0 Å². The van der Waals surface area contributed by atoms with E-state index in [9.17, 15) is 13.2 Å². The molecule has 1 nitrogen and oxygen atoms in total. The minimum atomic E-state index is -4.30. The Morgan fingerprint density at radius 1 is 1.21 bits per heavy atom. The summed E-state index contributed by atoms with van der Waals surface area (Å²) in [5.41, 5.74) is 5.98. The van der Waals surface area contributed by atoms with Gasteiger partial charge in [-0.15, -0.1) is 0 Å². The largest absolute Gasteiger partial charge is 0.416 e. The molecule has 78 valence electrons. The van der Waals surface area contributed by atoms with E-state index in [0.717, 1.165) is 12.1 Å². The van der Waals surface area contributed by atoms with E-state index in [1.54, 1.807) is 19.9 Å². The first-order chi connectivity index (χ1) is 6.30. The van der Waals surface area contributed by atoms with Gasteiger partial charge in [-0.2, -0.15) is 13.2 Å². The summed E-state index contributed by atoms with van der Waals surface area (Å²) in [4.78, 5) is 0. The van der Waals surface area contributed by atoms with Crippen molar-refractivity contribution in [3.05, 3.63) is 34.9 Å². The van der Waals surface area contributed by atoms with Gasteiger partial charge in [0.25, 0.3) is 0 Å². The SMILES string of the molecule is Cc1cc([C@@H](C)N)cc(C(F)(F)F)c1. The molecule has 0 saturated carbocycles. The maximum Gasteiger partial charge on any atom is 0.416 e. The maximum absolute atomic E-state index is 12.4. The lowest BCUT2D eigenvalue weighted by atomic mass is 10.0. The fraction of sp³-hybridized carbons (Fsp3) is 0.400. The molecule has 0 aliphatic heterocycles. The highest BCUT2D eigenvalue weighted by Gasteiger charge is 2.30. The Bertz CT molecular complexity index is 329. The van der Waals surface area contributed by atoms with E-state index in [1.165, 1.54) is 0 Å². The van der Waals surface area contributed by atoms with Gasteiger partial charge in [0, 0.05) is 6.04 Å². The lowest BCUT2D eigenvalue weighted by molar-refractivity contribution is -0.137. The second-order valence-corrected chi connectivity index (χ2v) is 3.42. The van der Waals surface area contributed by atoms with E-state index < -0.39 is 11.7 Å². The second-order valence-electron chi connectivity index (χ2n) is 3.42. The van der Waals surface area contributed by atoms with Gasteiger partial charge in [0.2, 0.25) is 0 Å². The number of hydrogen-bond acceptors (Lipinski definition) is 1. The Balaban J connectivity index is 3.21. The Kier molecular flexibility index (Phi) is 2.85. The number of benzene rings is 1. The van der Waals surface area contributed by atoms with Gasteiger partial charge in [-0.05, 0) is 31.5 Å². The summed E-state index contributed by atoms with van der Waals surface area (Å²) < 4.78 is 37.1. The van der Waals surface area contributed by atoms with Gasteiger partial charge in [0.15, 0.2) is 0 Å². The molecule has 1 atom stereocenters. The van der Waals surface area contributed by atoms with Crippen molar-refractivity contribution >= 4 is 0 Å². The highest BCUT2D eigenvalue weighted by molar-refractivity contribution is 5.32. The molecule has 0 saturated heterocycles. The molecule has 0 aliphatic carbocycles. The summed E-state index contributed by atoms with van der Waals surface area (Å²) in [6.45, 7) is 3.29. The van der Waals surface area contributed by atoms with Crippen LogP contribution in [0.25, 0.3) is 0 Å². The van der Waals surface area contributed by atoms with Gasteiger partial charge in [0.05, 0.1) is 5.56 Å². The second kappa shape index (κ2) is 3.61. The summed E-state index contributed by atoms with van der Waals surface area (Å²) in [6, 6.07) is 3.50. The Labute approximate surface area is 80.7 Å². The number of halogens is 3. The minimum absolute atomic E-state index is 0.379. The molecule has 1 aromatic rings. The predicted molar refractivity (Wildman–Crippen MR) is 48.8 cm³/mol. The number of rotatable bonds is 1. The zero-order valence-electron chi connectivity index (χ0n) is 8.02. The summed E-state index contributed by atoms with van der Waals surface area (Å²) in [7, 11) is 0. The first-order valence-electron chi connectivity index (χ1n) is 4.25. The van der Waals surface area contributed by atoms with Crippen LogP contribution in [-0.4, -0.2) is 0 Å². The summed E-state index contributed by atoms with van der Waals surface area (Å²) in [5.74, 6) is 0. The Hall–Kier alpha value is -1.03. The lowest BCUT2D eigenvalue weighted by Crippen LogP contribution is -2.10.